The number of benzene rings is 2. The van der Waals surface area contributed by atoms with E-state index in [1.54, 1.807) is 37.3 Å². The number of amides is 2. The van der Waals surface area contributed by atoms with Gasteiger partial charge in [-0.15, -0.1) is 0 Å². The molecule has 0 bridgehead atoms. The Kier molecular flexibility index (Phi) is 7.84. The summed E-state index contributed by atoms with van der Waals surface area (Å²) in [6.45, 7) is 2.76. The summed E-state index contributed by atoms with van der Waals surface area (Å²) in [5.41, 5.74) is 2.23. The standard InChI is InChI=1S/C29H24N4O8S/c1-3-23(28(35)30-19-9-11-20(12-10-19)42(37,38)33-17(2)34)41-29(36)18-8-13-21-22(16-18)32-27(25-7-5-15-40-25)26(31-21)24-6-4-14-39-24/h4-16,23H,3H2,1-2H3,(H,30,35)(H,33,34). The van der Waals surface area contributed by atoms with Gasteiger partial charge in [0.25, 0.3) is 15.9 Å². The summed E-state index contributed by atoms with van der Waals surface area (Å²) in [4.78, 5) is 46.2. The molecule has 5 rings (SSSR count). The van der Waals surface area contributed by atoms with E-state index in [1.165, 1.54) is 48.9 Å². The number of sulfonamides is 1. The van der Waals surface area contributed by atoms with Crippen LogP contribution >= 0.6 is 0 Å². The molecule has 0 saturated heterocycles. The average molecular weight is 589 g/mol. The molecule has 0 fully saturated rings. The van der Waals surface area contributed by atoms with Crippen LogP contribution in [0.2, 0.25) is 0 Å². The van der Waals surface area contributed by atoms with Gasteiger partial charge in [-0.2, -0.15) is 0 Å². The van der Waals surface area contributed by atoms with E-state index in [9.17, 15) is 22.8 Å². The molecule has 2 N–H and O–H groups in total. The van der Waals surface area contributed by atoms with E-state index in [1.807, 2.05) is 4.72 Å². The number of ether oxygens (including phenoxy) is 1. The monoisotopic (exact) mass is 588 g/mol. The Bertz CT molecular complexity index is 1870. The Labute approximate surface area is 239 Å². The minimum Gasteiger partial charge on any atom is -0.463 e. The normalized spacial score (nSPS) is 12.0. The smallest absolute Gasteiger partial charge is 0.338 e. The van der Waals surface area contributed by atoms with Crippen molar-refractivity contribution in [2.75, 3.05) is 5.32 Å². The number of carbonyl (C=O) groups excluding carboxylic acids is 3. The summed E-state index contributed by atoms with van der Waals surface area (Å²) < 4.78 is 42.7. The molecule has 0 radical (unpaired) electrons. The van der Waals surface area contributed by atoms with Gasteiger partial charge in [0.1, 0.15) is 11.4 Å². The molecule has 5 aromatic rings. The molecule has 3 heterocycles. The molecule has 0 aliphatic carbocycles. The lowest BCUT2D eigenvalue weighted by molar-refractivity contribution is -0.124. The number of hydrogen-bond donors (Lipinski definition) is 2. The van der Waals surface area contributed by atoms with Crippen LogP contribution in [0.3, 0.4) is 0 Å². The van der Waals surface area contributed by atoms with E-state index < -0.39 is 33.9 Å². The van der Waals surface area contributed by atoms with E-state index >= 15 is 0 Å². The highest BCUT2D eigenvalue weighted by atomic mass is 32.2. The van der Waals surface area contributed by atoms with Crippen molar-refractivity contribution >= 4 is 44.5 Å². The zero-order chi connectivity index (χ0) is 29.9. The Morgan fingerprint density at radius 1 is 0.881 bits per heavy atom. The third kappa shape index (κ3) is 6.05. The fourth-order valence-corrected chi connectivity index (χ4v) is 5.05. The second kappa shape index (κ2) is 11.7. The van der Waals surface area contributed by atoms with Gasteiger partial charge < -0.3 is 18.9 Å². The molecular weight excluding hydrogens is 564 g/mol. The Hall–Kier alpha value is -5.30. The van der Waals surface area contributed by atoms with E-state index in [2.05, 4.69) is 15.3 Å². The van der Waals surface area contributed by atoms with E-state index in [0.717, 1.165) is 6.92 Å². The van der Waals surface area contributed by atoms with Gasteiger partial charge in [-0.25, -0.2) is 27.9 Å². The maximum Gasteiger partial charge on any atom is 0.338 e. The van der Waals surface area contributed by atoms with Crippen LogP contribution < -0.4 is 10.0 Å². The molecule has 2 aromatic carbocycles. The number of carbonyl (C=O) groups is 3. The molecule has 1 unspecified atom stereocenters. The first-order valence-electron chi connectivity index (χ1n) is 12.7. The molecule has 13 heteroatoms. The lowest BCUT2D eigenvalue weighted by Gasteiger charge is -2.16. The highest BCUT2D eigenvalue weighted by Gasteiger charge is 2.24. The maximum atomic E-state index is 13.0. The second-order valence-corrected chi connectivity index (χ2v) is 10.7. The molecular formula is C29H24N4O8S. The van der Waals surface area contributed by atoms with Gasteiger partial charge in [0, 0.05) is 12.6 Å². The zero-order valence-corrected chi connectivity index (χ0v) is 23.2. The number of aromatic nitrogens is 2. The Balaban J connectivity index is 1.33. The van der Waals surface area contributed by atoms with Gasteiger partial charge in [0.2, 0.25) is 5.91 Å². The highest BCUT2D eigenvalue weighted by molar-refractivity contribution is 7.90. The fraction of sp³-hybridized carbons (Fsp3) is 0.138. The summed E-state index contributed by atoms with van der Waals surface area (Å²) >= 11 is 0. The number of hydrogen-bond acceptors (Lipinski definition) is 10. The number of anilines is 1. The van der Waals surface area contributed by atoms with Crippen LogP contribution in [-0.4, -0.2) is 42.3 Å². The molecule has 3 aromatic heterocycles. The number of furan rings is 2. The molecule has 1 atom stereocenters. The molecule has 0 aliphatic rings. The quantitative estimate of drug-likeness (QED) is 0.233. The van der Waals surface area contributed by atoms with Crippen molar-refractivity contribution < 1.29 is 36.4 Å². The van der Waals surface area contributed by atoms with Crippen LogP contribution in [0.25, 0.3) is 33.9 Å². The summed E-state index contributed by atoms with van der Waals surface area (Å²) in [6.07, 6.45) is 2.08. The number of esters is 1. The molecule has 2 amide bonds. The average Bonchev–Trinajstić information content (AvgIpc) is 3.69. The minimum absolute atomic E-state index is 0.153. The van der Waals surface area contributed by atoms with Crippen LogP contribution in [0.4, 0.5) is 5.69 Å². The third-order valence-electron chi connectivity index (χ3n) is 6.03. The Morgan fingerprint density at radius 2 is 1.50 bits per heavy atom. The minimum atomic E-state index is -4.02. The molecule has 0 saturated carbocycles. The van der Waals surface area contributed by atoms with Crippen LogP contribution in [0, 0.1) is 0 Å². The van der Waals surface area contributed by atoms with Crippen LogP contribution in [0.5, 0.6) is 0 Å². The molecule has 42 heavy (non-hydrogen) atoms. The fourth-order valence-electron chi connectivity index (χ4n) is 4.06. The number of nitrogens with zero attached hydrogens (tertiary/aromatic N) is 2. The lowest BCUT2D eigenvalue weighted by atomic mass is 10.1. The van der Waals surface area contributed by atoms with Gasteiger partial charge >= 0.3 is 5.97 Å². The largest absolute Gasteiger partial charge is 0.463 e. The third-order valence-corrected chi connectivity index (χ3v) is 7.48. The van der Waals surface area contributed by atoms with Gasteiger partial charge in [-0.05, 0) is 73.2 Å². The van der Waals surface area contributed by atoms with Crippen LogP contribution in [0.1, 0.15) is 30.6 Å². The maximum absolute atomic E-state index is 13.0. The number of fused-ring (bicyclic) bond motifs is 1. The van der Waals surface area contributed by atoms with Gasteiger partial charge in [-0.1, -0.05) is 6.92 Å². The highest BCUT2D eigenvalue weighted by Crippen LogP contribution is 2.31. The van der Waals surface area contributed by atoms with Gasteiger partial charge in [0.05, 0.1) is 34.0 Å². The topological polar surface area (TPSA) is 171 Å². The predicted octanol–water partition coefficient (Wildman–Crippen LogP) is 4.55. The summed E-state index contributed by atoms with van der Waals surface area (Å²) in [5.74, 6) is -1.11. The van der Waals surface area contributed by atoms with Crippen molar-refractivity contribution in [2.45, 2.75) is 31.3 Å². The molecule has 214 valence electrons. The molecule has 12 nitrogen and oxygen atoms in total. The SMILES string of the molecule is CCC(OC(=O)c1ccc2nc(-c3ccco3)c(-c3ccco3)nc2c1)C(=O)Nc1ccc(S(=O)(=O)NC(C)=O)cc1. The van der Waals surface area contributed by atoms with E-state index in [4.69, 9.17) is 13.6 Å². The Morgan fingerprint density at radius 3 is 2.05 bits per heavy atom. The molecule has 0 aliphatic heterocycles. The second-order valence-electron chi connectivity index (χ2n) is 9.06. The van der Waals surface area contributed by atoms with Crippen molar-refractivity contribution in [3.8, 4) is 22.9 Å². The van der Waals surface area contributed by atoms with Gasteiger partial charge in [0.15, 0.2) is 17.6 Å². The van der Waals surface area contributed by atoms with E-state index in [-0.39, 0.29) is 22.6 Å². The first kappa shape index (κ1) is 28.2. The summed E-state index contributed by atoms with van der Waals surface area (Å²) in [6, 6.07) is 16.8. The van der Waals surface area contributed by atoms with Gasteiger partial charge in [-0.3, -0.25) is 9.59 Å². The summed E-state index contributed by atoms with van der Waals surface area (Å²) in [5, 5.41) is 2.60. The number of rotatable bonds is 9. The predicted molar refractivity (Wildman–Crippen MR) is 151 cm³/mol. The zero-order valence-electron chi connectivity index (χ0n) is 22.4. The van der Waals surface area contributed by atoms with Crippen molar-refractivity contribution in [1.82, 2.24) is 14.7 Å². The first-order valence-corrected chi connectivity index (χ1v) is 14.2. The van der Waals surface area contributed by atoms with Crippen molar-refractivity contribution in [3.05, 3.63) is 84.8 Å². The first-order chi connectivity index (χ1) is 20.1. The van der Waals surface area contributed by atoms with Crippen molar-refractivity contribution in [2.24, 2.45) is 0 Å². The van der Waals surface area contributed by atoms with Crippen LogP contribution in [-0.2, 0) is 24.3 Å². The summed E-state index contributed by atoms with van der Waals surface area (Å²) in [7, 11) is -4.02. The lowest BCUT2D eigenvalue weighted by Crippen LogP contribution is -2.32. The number of nitrogens with one attached hydrogen (secondary N) is 2. The molecule has 0 spiro atoms. The van der Waals surface area contributed by atoms with E-state index in [0.29, 0.717) is 33.9 Å². The van der Waals surface area contributed by atoms with Crippen molar-refractivity contribution in [1.29, 1.82) is 0 Å². The van der Waals surface area contributed by atoms with Crippen molar-refractivity contribution in [3.63, 3.8) is 0 Å². The van der Waals surface area contributed by atoms with Crippen LogP contribution in [0.15, 0.2) is 93.0 Å².